The van der Waals surface area contributed by atoms with Crippen molar-refractivity contribution in [1.82, 2.24) is 9.88 Å². The monoisotopic (exact) mass is 364 g/mol. The summed E-state index contributed by atoms with van der Waals surface area (Å²) in [4.78, 5) is 36.3. The van der Waals surface area contributed by atoms with Crippen molar-refractivity contribution in [2.45, 2.75) is 59.0 Å². The molecule has 7 heteroatoms. The summed E-state index contributed by atoms with van der Waals surface area (Å²) < 4.78 is 12.0. The molecule has 1 aliphatic carbocycles. The maximum Gasteiger partial charge on any atom is 0.340 e. The summed E-state index contributed by atoms with van der Waals surface area (Å²) in [6.07, 6.45) is 2.95. The van der Waals surface area contributed by atoms with Gasteiger partial charge in [-0.1, -0.05) is 20.3 Å². The van der Waals surface area contributed by atoms with E-state index in [1.165, 1.54) is 7.11 Å². The highest BCUT2D eigenvalue weighted by Crippen LogP contribution is 2.38. The fourth-order valence-corrected chi connectivity index (χ4v) is 3.10. The summed E-state index contributed by atoms with van der Waals surface area (Å²) in [6.45, 7) is 7.18. The highest BCUT2D eigenvalue weighted by Gasteiger charge is 2.30. The Bertz CT molecular complexity index is 690. The molecule has 0 unspecified atom stereocenters. The molecule has 1 aliphatic rings. The van der Waals surface area contributed by atoms with Gasteiger partial charge >= 0.3 is 11.9 Å². The van der Waals surface area contributed by atoms with Crippen LogP contribution in [0.1, 0.15) is 60.9 Å². The molecule has 2 atom stereocenters. The molecule has 0 aliphatic heterocycles. The maximum atomic E-state index is 12.3. The van der Waals surface area contributed by atoms with Gasteiger partial charge in [-0.2, -0.15) is 0 Å². The average Bonchev–Trinajstić information content (AvgIpc) is 3.41. The Kier molecular flexibility index (Phi) is 6.45. The van der Waals surface area contributed by atoms with Crippen LogP contribution in [0.2, 0.25) is 0 Å². The van der Waals surface area contributed by atoms with Crippen LogP contribution in [0.25, 0.3) is 0 Å². The summed E-state index contributed by atoms with van der Waals surface area (Å²) in [5, 5.41) is 2.59. The lowest BCUT2D eigenvalue weighted by Gasteiger charge is -2.21. The molecule has 1 aromatic rings. The first kappa shape index (κ1) is 20.0. The van der Waals surface area contributed by atoms with Crippen molar-refractivity contribution in [3.63, 3.8) is 0 Å². The number of aryl methyl sites for hydroxylation is 1. The highest BCUT2D eigenvalue weighted by atomic mass is 16.5. The van der Waals surface area contributed by atoms with Gasteiger partial charge in [0.2, 0.25) is 0 Å². The zero-order valence-electron chi connectivity index (χ0n) is 16.1. The third-order valence-corrected chi connectivity index (χ3v) is 4.94. The number of aromatic nitrogens is 1. The molecule has 0 radical (unpaired) electrons. The SMILES string of the molecule is CC[C@@H](C)[C@@H](NC(=O)COC(=O)c1cc(C)n(C2CC2)c1C)C(=O)OC. The first-order valence-electron chi connectivity index (χ1n) is 9.02. The van der Waals surface area contributed by atoms with Gasteiger partial charge in [-0.05, 0) is 38.7 Å². The number of carbonyl (C=O) groups excluding carboxylic acids is 3. The molecule has 1 N–H and O–H groups in total. The molecule has 0 aromatic carbocycles. The fourth-order valence-electron chi connectivity index (χ4n) is 3.10. The lowest BCUT2D eigenvalue weighted by molar-refractivity contribution is -0.147. The Morgan fingerprint density at radius 2 is 1.96 bits per heavy atom. The highest BCUT2D eigenvalue weighted by molar-refractivity contribution is 5.93. The number of carbonyl (C=O) groups is 3. The van der Waals surface area contributed by atoms with E-state index in [9.17, 15) is 14.4 Å². The number of nitrogens with zero attached hydrogens (tertiary/aromatic N) is 1. The zero-order chi connectivity index (χ0) is 19.4. The van der Waals surface area contributed by atoms with E-state index in [1.807, 2.05) is 27.7 Å². The number of hydrogen-bond donors (Lipinski definition) is 1. The Morgan fingerprint density at radius 1 is 1.31 bits per heavy atom. The van der Waals surface area contributed by atoms with Crippen LogP contribution in [-0.4, -0.2) is 42.2 Å². The van der Waals surface area contributed by atoms with Gasteiger partial charge in [-0.15, -0.1) is 0 Å². The zero-order valence-corrected chi connectivity index (χ0v) is 16.1. The van der Waals surface area contributed by atoms with E-state index in [0.29, 0.717) is 18.0 Å². The Balaban J connectivity index is 1.95. The van der Waals surface area contributed by atoms with E-state index in [0.717, 1.165) is 24.2 Å². The van der Waals surface area contributed by atoms with Crippen LogP contribution in [0, 0.1) is 19.8 Å². The topological polar surface area (TPSA) is 86.6 Å². The molecule has 26 heavy (non-hydrogen) atoms. The molecule has 0 bridgehead atoms. The Labute approximate surface area is 154 Å². The van der Waals surface area contributed by atoms with E-state index in [-0.39, 0.29) is 5.92 Å². The summed E-state index contributed by atoms with van der Waals surface area (Å²) in [6, 6.07) is 1.51. The van der Waals surface area contributed by atoms with Gasteiger partial charge in [0, 0.05) is 17.4 Å². The van der Waals surface area contributed by atoms with E-state index in [2.05, 4.69) is 9.88 Å². The van der Waals surface area contributed by atoms with Crippen molar-refractivity contribution < 1.29 is 23.9 Å². The predicted octanol–water partition coefficient (Wildman–Crippen LogP) is 2.30. The fraction of sp³-hybridized carbons (Fsp3) is 0.632. The maximum absolute atomic E-state index is 12.3. The van der Waals surface area contributed by atoms with Gasteiger partial charge in [0.1, 0.15) is 6.04 Å². The van der Waals surface area contributed by atoms with Crippen molar-refractivity contribution >= 4 is 17.8 Å². The first-order chi connectivity index (χ1) is 12.3. The minimum absolute atomic E-state index is 0.0837. The second kappa shape index (κ2) is 8.38. The molecule has 0 saturated heterocycles. The minimum atomic E-state index is -0.754. The van der Waals surface area contributed by atoms with Crippen molar-refractivity contribution in [1.29, 1.82) is 0 Å². The number of esters is 2. The minimum Gasteiger partial charge on any atom is -0.467 e. The number of amides is 1. The van der Waals surface area contributed by atoms with Gasteiger partial charge in [-0.3, -0.25) is 4.79 Å². The van der Waals surface area contributed by atoms with Crippen LogP contribution in [0.15, 0.2) is 6.07 Å². The summed E-state index contributed by atoms with van der Waals surface area (Å²) in [5.74, 6) is -1.64. The normalized spacial score (nSPS) is 15.9. The van der Waals surface area contributed by atoms with E-state index >= 15 is 0 Å². The van der Waals surface area contributed by atoms with Gasteiger partial charge in [-0.25, -0.2) is 9.59 Å². The molecule has 1 amide bonds. The predicted molar refractivity (Wildman–Crippen MR) is 95.9 cm³/mol. The Hall–Kier alpha value is -2.31. The number of rotatable bonds is 8. The number of hydrogen-bond acceptors (Lipinski definition) is 5. The second-order valence-corrected chi connectivity index (χ2v) is 6.92. The molecular weight excluding hydrogens is 336 g/mol. The van der Waals surface area contributed by atoms with E-state index in [1.54, 1.807) is 6.07 Å². The van der Waals surface area contributed by atoms with Crippen LogP contribution < -0.4 is 5.32 Å². The standard InChI is InChI=1S/C19H28N2O5/c1-6-11(2)17(19(24)25-5)20-16(22)10-26-18(23)15-9-12(3)21(13(15)4)14-7-8-14/h9,11,14,17H,6-8,10H2,1-5H3,(H,20,22)/t11-,17-/m1/s1. The van der Waals surface area contributed by atoms with Crippen LogP contribution in [0.5, 0.6) is 0 Å². The van der Waals surface area contributed by atoms with Crippen molar-refractivity contribution in [3.8, 4) is 0 Å². The number of methoxy groups -OCH3 is 1. The Morgan fingerprint density at radius 3 is 2.50 bits per heavy atom. The molecule has 0 spiro atoms. The van der Waals surface area contributed by atoms with Gasteiger partial charge in [0.15, 0.2) is 6.61 Å². The van der Waals surface area contributed by atoms with Crippen molar-refractivity contribution in [2.24, 2.45) is 5.92 Å². The number of nitrogens with one attached hydrogen (secondary N) is 1. The molecule has 144 valence electrons. The van der Waals surface area contributed by atoms with Gasteiger partial charge in [0.05, 0.1) is 12.7 Å². The van der Waals surface area contributed by atoms with Crippen LogP contribution >= 0.6 is 0 Å². The smallest absolute Gasteiger partial charge is 0.340 e. The van der Waals surface area contributed by atoms with E-state index < -0.39 is 30.5 Å². The summed E-state index contributed by atoms with van der Waals surface area (Å²) in [5.41, 5.74) is 2.36. The summed E-state index contributed by atoms with van der Waals surface area (Å²) >= 11 is 0. The molecular formula is C19H28N2O5. The molecule has 2 rings (SSSR count). The number of ether oxygens (including phenoxy) is 2. The third-order valence-electron chi connectivity index (χ3n) is 4.94. The van der Waals surface area contributed by atoms with Gasteiger partial charge < -0.3 is 19.4 Å². The molecule has 1 heterocycles. The molecule has 1 fully saturated rings. The molecule has 1 aromatic heterocycles. The van der Waals surface area contributed by atoms with Crippen molar-refractivity contribution in [2.75, 3.05) is 13.7 Å². The van der Waals surface area contributed by atoms with Gasteiger partial charge in [0.25, 0.3) is 5.91 Å². The van der Waals surface area contributed by atoms with Crippen LogP contribution in [-0.2, 0) is 19.1 Å². The summed E-state index contributed by atoms with van der Waals surface area (Å²) in [7, 11) is 1.28. The van der Waals surface area contributed by atoms with Crippen LogP contribution in [0.3, 0.4) is 0 Å². The quantitative estimate of drug-likeness (QED) is 0.715. The second-order valence-electron chi connectivity index (χ2n) is 6.92. The largest absolute Gasteiger partial charge is 0.467 e. The van der Waals surface area contributed by atoms with Crippen molar-refractivity contribution in [3.05, 3.63) is 23.0 Å². The lowest BCUT2D eigenvalue weighted by Crippen LogP contribution is -2.47. The first-order valence-corrected chi connectivity index (χ1v) is 9.02. The van der Waals surface area contributed by atoms with Crippen LogP contribution in [0.4, 0.5) is 0 Å². The molecule has 1 saturated carbocycles. The third kappa shape index (κ3) is 4.45. The average molecular weight is 364 g/mol. The van der Waals surface area contributed by atoms with E-state index in [4.69, 9.17) is 9.47 Å². The lowest BCUT2D eigenvalue weighted by atomic mass is 9.99. The molecule has 7 nitrogen and oxygen atoms in total.